The smallest absolute Gasteiger partial charge is 0.340 e. The van der Waals surface area contributed by atoms with Crippen molar-refractivity contribution in [3.63, 3.8) is 0 Å². The number of H-pyrrole nitrogens is 1. The van der Waals surface area contributed by atoms with Crippen LogP contribution in [0.4, 0.5) is 4.39 Å². The van der Waals surface area contributed by atoms with Gasteiger partial charge in [0.2, 0.25) is 0 Å². The maximum absolute atomic E-state index is 12.8. The molecule has 0 aliphatic carbocycles. The lowest BCUT2D eigenvalue weighted by Crippen LogP contribution is -2.27. The Morgan fingerprint density at radius 3 is 2.57 bits per heavy atom. The summed E-state index contributed by atoms with van der Waals surface area (Å²) in [6.07, 6.45) is 3.49. The number of aromatic nitrogens is 1. The normalized spacial score (nSPS) is 14.0. The van der Waals surface area contributed by atoms with Gasteiger partial charge in [0, 0.05) is 19.3 Å². The molecule has 1 aromatic carbocycles. The Morgan fingerprint density at radius 2 is 1.87 bits per heavy atom. The highest BCUT2D eigenvalue weighted by Crippen LogP contribution is 2.14. The van der Waals surface area contributed by atoms with Gasteiger partial charge in [-0.25, -0.2) is 9.18 Å². The van der Waals surface area contributed by atoms with Crippen LogP contribution in [0.3, 0.4) is 0 Å². The number of hydrogen-bond donors (Lipinski definition) is 1. The topological polar surface area (TPSA) is 62.4 Å². The first-order chi connectivity index (χ1) is 11.1. The van der Waals surface area contributed by atoms with E-state index in [1.54, 1.807) is 17.0 Å². The average Bonchev–Trinajstić information content (AvgIpc) is 3.25. The third-order valence-corrected chi connectivity index (χ3v) is 3.83. The number of rotatable bonds is 4. The first-order valence-electron chi connectivity index (χ1n) is 7.53. The average molecular weight is 316 g/mol. The van der Waals surface area contributed by atoms with Gasteiger partial charge in [-0.3, -0.25) is 4.79 Å². The van der Waals surface area contributed by atoms with E-state index in [-0.39, 0.29) is 18.3 Å². The lowest BCUT2D eigenvalue weighted by molar-refractivity contribution is 0.0473. The van der Waals surface area contributed by atoms with Crippen LogP contribution in [0.25, 0.3) is 0 Å². The predicted molar refractivity (Wildman–Crippen MR) is 81.4 cm³/mol. The largest absolute Gasteiger partial charge is 0.457 e. The molecule has 0 saturated carbocycles. The zero-order valence-corrected chi connectivity index (χ0v) is 12.5. The molecule has 5 nitrogen and oxygen atoms in total. The van der Waals surface area contributed by atoms with E-state index >= 15 is 0 Å². The van der Waals surface area contributed by atoms with Gasteiger partial charge in [-0.15, -0.1) is 0 Å². The van der Waals surface area contributed by atoms with Crippen molar-refractivity contribution in [2.24, 2.45) is 0 Å². The number of esters is 1. The van der Waals surface area contributed by atoms with E-state index in [4.69, 9.17) is 4.74 Å². The van der Waals surface area contributed by atoms with Crippen molar-refractivity contribution in [2.75, 3.05) is 13.1 Å². The van der Waals surface area contributed by atoms with Crippen LogP contribution in [0.5, 0.6) is 0 Å². The van der Waals surface area contributed by atoms with E-state index in [1.807, 2.05) is 0 Å². The van der Waals surface area contributed by atoms with Gasteiger partial charge in [-0.2, -0.15) is 0 Å². The molecule has 1 amide bonds. The molecule has 2 heterocycles. The van der Waals surface area contributed by atoms with E-state index in [1.165, 1.54) is 24.4 Å². The first-order valence-corrected chi connectivity index (χ1v) is 7.53. The van der Waals surface area contributed by atoms with Gasteiger partial charge in [0.1, 0.15) is 18.1 Å². The number of nitrogens with zero attached hydrogens (tertiary/aromatic N) is 1. The summed E-state index contributed by atoms with van der Waals surface area (Å²) in [6.45, 7) is 1.56. The Labute approximate surface area is 133 Å². The fourth-order valence-corrected chi connectivity index (χ4v) is 2.54. The minimum absolute atomic E-state index is 0.0553. The molecule has 120 valence electrons. The van der Waals surface area contributed by atoms with Crippen molar-refractivity contribution < 1.29 is 18.7 Å². The Balaban J connectivity index is 1.59. The molecule has 23 heavy (non-hydrogen) atoms. The van der Waals surface area contributed by atoms with Crippen LogP contribution in [-0.2, 0) is 11.3 Å². The zero-order chi connectivity index (χ0) is 16.2. The SMILES string of the molecule is O=C(OCc1ccc(F)cc1)c1c[nH]c(C(=O)N2CCCC2)c1. The van der Waals surface area contributed by atoms with Gasteiger partial charge in [-0.1, -0.05) is 12.1 Å². The second kappa shape index (κ2) is 6.64. The Hall–Kier alpha value is -2.63. The van der Waals surface area contributed by atoms with Gasteiger partial charge in [0.25, 0.3) is 5.91 Å². The number of carbonyl (C=O) groups is 2. The second-order valence-corrected chi connectivity index (χ2v) is 5.50. The van der Waals surface area contributed by atoms with Crippen LogP contribution in [0.15, 0.2) is 36.5 Å². The fourth-order valence-electron chi connectivity index (χ4n) is 2.54. The molecule has 0 unspecified atom stereocenters. The number of benzene rings is 1. The summed E-state index contributed by atoms with van der Waals surface area (Å²) in [5.41, 5.74) is 1.39. The summed E-state index contributed by atoms with van der Waals surface area (Å²) < 4.78 is 18.0. The van der Waals surface area contributed by atoms with Gasteiger partial charge in [0.05, 0.1) is 5.56 Å². The second-order valence-electron chi connectivity index (χ2n) is 5.50. The van der Waals surface area contributed by atoms with Gasteiger partial charge < -0.3 is 14.6 Å². The molecule has 1 aliphatic rings. The molecule has 0 bridgehead atoms. The number of carbonyl (C=O) groups excluding carboxylic acids is 2. The fraction of sp³-hybridized carbons (Fsp3) is 0.294. The molecule has 0 radical (unpaired) electrons. The lowest BCUT2D eigenvalue weighted by atomic mass is 10.2. The standard InChI is InChI=1S/C17H17FN2O3/c18-14-5-3-12(4-6-14)11-23-17(22)13-9-15(19-10-13)16(21)20-7-1-2-8-20/h3-6,9-10,19H,1-2,7-8,11H2. The molecular formula is C17H17FN2O3. The van der Waals surface area contributed by atoms with E-state index in [0.717, 1.165) is 25.9 Å². The third-order valence-electron chi connectivity index (χ3n) is 3.83. The summed E-state index contributed by atoms with van der Waals surface area (Å²) in [5.74, 6) is -0.957. The molecule has 3 rings (SSSR count). The van der Waals surface area contributed by atoms with Crippen LogP contribution >= 0.6 is 0 Å². The van der Waals surface area contributed by atoms with E-state index < -0.39 is 5.97 Å². The molecule has 0 atom stereocenters. The maximum atomic E-state index is 12.8. The minimum Gasteiger partial charge on any atom is -0.457 e. The number of amides is 1. The Bertz CT molecular complexity index is 703. The van der Waals surface area contributed by atoms with E-state index in [9.17, 15) is 14.0 Å². The monoisotopic (exact) mass is 316 g/mol. The van der Waals surface area contributed by atoms with E-state index in [0.29, 0.717) is 16.8 Å². The van der Waals surface area contributed by atoms with Crippen LogP contribution in [0, 0.1) is 5.82 Å². The summed E-state index contributed by atoms with van der Waals surface area (Å²) in [4.78, 5) is 28.8. The minimum atomic E-state index is -0.522. The Kier molecular flexibility index (Phi) is 4.41. The molecule has 1 fully saturated rings. The highest BCUT2D eigenvalue weighted by Gasteiger charge is 2.22. The van der Waals surface area contributed by atoms with Crippen molar-refractivity contribution in [2.45, 2.75) is 19.4 Å². The summed E-state index contributed by atoms with van der Waals surface area (Å²) in [5, 5.41) is 0. The molecule has 1 N–H and O–H groups in total. The number of nitrogens with one attached hydrogen (secondary N) is 1. The van der Waals surface area contributed by atoms with Crippen LogP contribution in [0.1, 0.15) is 39.3 Å². The maximum Gasteiger partial charge on any atom is 0.340 e. The molecule has 1 aliphatic heterocycles. The highest BCUT2D eigenvalue weighted by atomic mass is 19.1. The summed E-state index contributed by atoms with van der Waals surface area (Å²) in [6, 6.07) is 7.25. The van der Waals surface area contributed by atoms with Crippen molar-refractivity contribution in [1.82, 2.24) is 9.88 Å². The van der Waals surface area contributed by atoms with Gasteiger partial charge in [-0.05, 0) is 36.6 Å². The number of halogens is 1. The number of likely N-dealkylation sites (tertiary alicyclic amines) is 1. The molecule has 2 aromatic rings. The van der Waals surface area contributed by atoms with Gasteiger partial charge >= 0.3 is 5.97 Å². The third kappa shape index (κ3) is 3.59. The molecule has 1 aromatic heterocycles. The molecular weight excluding hydrogens is 299 g/mol. The Morgan fingerprint density at radius 1 is 1.17 bits per heavy atom. The number of hydrogen-bond acceptors (Lipinski definition) is 3. The predicted octanol–water partition coefficient (Wildman–Crippen LogP) is 2.75. The highest BCUT2D eigenvalue weighted by molar-refractivity contribution is 5.97. The molecule has 1 saturated heterocycles. The summed E-state index contributed by atoms with van der Waals surface area (Å²) in [7, 11) is 0. The summed E-state index contributed by atoms with van der Waals surface area (Å²) >= 11 is 0. The van der Waals surface area contributed by atoms with Crippen molar-refractivity contribution in [3.05, 3.63) is 59.2 Å². The number of aromatic amines is 1. The van der Waals surface area contributed by atoms with Crippen molar-refractivity contribution in [1.29, 1.82) is 0 Å². The first kappa shape index (κ1) is 15.3. The number of ether oxygens (including phenoxy) is 1. The molecule has 6 heteroatoms. The van der Waals surface area contributed by atoms with Crippen LogP contribution in [0.2, 0.25) is 0 Å². The van der Waals surface area contributed by atoms with E-state index in [2.05, 4.69) is 4.98 Å². The zero-order valence-electron chi connectivity index (χ0n) is 12.5. The molecule has 0 spiro atoms. The van der Waals surface area contributed by atoms with Crippen LogP contribution in [-0.4, -0.2) is 34.8 Å². The van der Waals surface area contributed by atoms with Gasteiger partial charge in [0.15, 0.2) is 0 Å². The quantitative estimate of drug-likeness (QED) is 0.882. The lowest BCUT2D eigenvalue weighted by Gasteiger charge is -2.13. The van der Waals surface area contributed by atoms with Crippen molar-refractivity contribution in [3.8, 4) is 0 Å². The van der Waals surface area contributed by atoms with Crippen LogP contribution < -0.4 is 0 Å². The van der Waals surface area contributed by atoms with Crippen molar-refractivity contribution >= 4 is 11.9 Å².